The molecule has 7 nitrogen and oxygen atoms in total. The average Bonchev–Trinajstić information content (AvgIpc) is 3.26. The summed E-state index contributed by atoms with van der Waals surface area (Å²) in [5, 5.41) is 3.08. The van der Waals surface area contributed by atoms with Gasteiger partial charge in [-0.1, -0.05) is 29.8 Å². The molecule has 0 saturated carbocycles. The number of fused-ring (bicyclic) bond motifs is 1. The van der Waals surface area contributed by atoms with Gasteiger partial charge in [0, 0.05) is 12.1 Å². The predicted octanol–water partition coefficient (Wildman–Crippen LogP) is 5.63. The zero-order chi connectivity index (χ0) is 25.7. The summed E-state index contributed by atoms with van der Waals surface area (Å²) in [6.07, 6.45) is 0.803. The third-order valence-electron chi connectivity index (χ3n) is 6.18. The normalized spacial score (nSPS) is 11.8. The summed E-state index contributed by atoms with van der Waals surface area (Å²) >= 11 is 0. The van der Waals surface area contributed by atoms with Crippen LogP contribution in [0.5, 0.6) is 17.2 Å². The molecule has 0 radical (unpaired) electrons. The Kier molecular flexibility index (Phi) is 7.78. The van der Waals surface area contributed by atoms with Crippen LogP contribution in [0.3, 0.4) is 0 Å². The molecular formula is C29H33N3O4. The summed E-state index contributed by atoms with van der Waals surface area (Å²) in [5.74, 6) is 2.59. The summed E-state index contributed by atoms with van der Waals surface area (Å²) < 4.78 is 18.8. The number of carbonyl (C=O) groups excluding carboxylic acids is 1. The number of methoxy groups -OCH3 is 2. The Morgan fingerprint density at radius 2 is 1.72 bits per heavy atom. The average molecular weight is 488 g/mol. The number of carbonyl (C=O) groups is 1. The van der Waals surface area contributed by atoms with E-state index < -0.39 is 0 Å². The van der Waals surface area contributed by atoms with Gasteiger partial charge in [-0.15, -0.1) is 0 Å². The van der Waals surface area contributed by atoms with E-state index in [9.17, 15) is 4.79 Å². The molecule has 36 heavy (non-hydrogen) atoms. The van der Waals surface area contributed by atoms with Crippen molar-refractivity contribution in [1.29, 1.82) is 0 Å². The molecule has 7 heteroatoms. The maximum absolute atomic E-state index is 13.0. The third-order valence-corrected chi connectivity index (χ3v) is 6.18. The van der Waals surface area contributed by atoms with Gasteiger partial charge in [0.25, 0.3) is 5.91 Å². The molecule has 188 valence electrons. The summed E-state index contributed by atoms with van der Waals surface area (Å²) in [7, 11) is 3.12. The van der Waals surface area contributed by atoms with Crippen LogP contribution in [0.2, 0.25) is 0 Å². The van der Waals surface area contributed by atoms with E-state index in [1.807, 2.05) is 31.2 Å². The minimum atomic E-state index is -0.307. The zero-order valence-corrected chi connectivity index (χ0v) is 21.5. The van der Waals surface area contributed by atoms with E-state index in [0.717, 1.165) is 41.1 Å². The molecule has 0 aliphatic carbocycles. The number of ether oxygens (including phenoxy) is 3. The fourth-order valence-corrected chi connectivity index (χ4v) is 4.35. The predicted molar refractivity (Wildman–Crippen MR) is 141 cm³/mol. The van der Waals surface area contributed by atoms with Crippen LogP contribution >= 0.6 is 0 Å². The lowest BCUT2D eigenvalue weighted by molar-refractivity contribution is 0.0937. The molecule has 1 amide bonds. The number of imidazole rings is 1. The van der Waals surface area contributed by atoms with Crippen molar-refractivity contribution >= 4 is 16.9 Å². The second kappa shape index (κ2) is 11.2. The van der Waals surface area contributed by atoms with E-state index >= 15 is 0 Å². The molecule has 1 heterocycles. The van der Waals surface area contributed by atoms with E-state index in [-0.39, 0.29) is 11.9 Å². The number of hydrogen-bond acceptors (Lipinski definition) is 5. The standard InChI is InChI=1S/C29H33N3O4/c1-19-11-13-25(20(2)17-19)36-16-8-15-32-24-10-7-6-9-23(24)31-28(32)21(3)30-29(33)22-12-14-26(34-4)27(18-22)35-5/h6-7,9-14,17-18,21H,8,15-16H2,1-5H3,(H,30,33). The Labute approximate surface area is 212 Å². The Morgan fingerprint density at radius 1 is 0.972 bits per heavy atom. The van der Waals surface area contributed by atoms with Gasteiger partial charge >= 0.3 is 0 Å². The monoisotopic (exact) mass is 487 g/mol. The van der Waals surface area contributed by atoms with Gasteiger partial charge in [-0.05, 0) is 69.2 Å². The van der Waals surface area contributed by atoms with Crippen molar-refractivity contribution in [2.75, 3.05) is 20.8 Å². The van der Waals surface area contributed by atoms with Crippen molar-refractivity contribution in [3.05, 3.63) is 83.2 Å². The molecule has 0 spiro atoms. The summed E-state index contributed by atoms with van der Waals surface area (Å²) in [5.41, 5.74) is 4.78. The number of aromatic nitrogens is 2. The van der Waals surface area contributed by atoms with Gasteiger partial charge < -0.3 is 24.1 Å². The maximum atomic E-state index is 13.0. The van der Waals surface area contributed by atoms with E-state index in [1.54, 1.807) is 32.4 Å². The molecular weight excluding hydrogens is 454 g/mol. The van der Waals surface area contributed by atoms with Gasteiger partial charge in [0.1, 0.15) is 11.6 Å². The molecule has 0 fully saturated rings. The molecule has 1 atom stereocenters. The van der Waals surface area contributed by atoms with E-state index in [1.165, 1.54) is 5.56 Å². The van der Waals surface area contributed by atoms with Crippen LogP contribution in [0.15, 0.2) is 60.7 Å². The highest BCUT2D eigenvalue weighted by molar-refractivity contribution is 5.95. The molecule has 4 aromatic rings. The Bertz CT molecular complexity index is 1360. The minimum absolute atomic E-state index is 0.208. The number of nitrogens with zero attached hydrogens (tertiary/aromatic N) is 2. The summed E-state index contributed by atoms with van der Waals surface area (Å²) in [6, 6.07) is 19.0. The summed E-state index contributed by atoms with van der Waals surface area (Å²) in [4.78, 5) is 17.9. The van der Waals surface area contributed by atoms with Gasteiger partial charge in [0.15, 0.2) is 11.5 Å². The highest BCUT2D eigenvalue weighted by Gasteiger charge is 2.20. The van der Waals surface area contributed by atoms with E-state index in [0.29, 0.717) is 23.7 Å². The molecule has 0 aliphatic heterocycles. The van der Waals surface area contributed by atoms with Crippen LogP contribution in [-0.2, 0) is 6.54 Å². The van der Waals surface area contributed by atoms with Crippen molar-refractivity contribution in [3.8, 4) is 17.2 Å². The third kappa shape index (κ3) is 5.46. The smallest absolute Gasteiger partial charge is 0.251 e. The first-order chi connectivity index (χ1) is 17.4. The molecule has 0 aliphatic rings. The van der Waals surface area contributed by atoms with Crippen LogP contribution in [0.25, 0.3) is 11.0 Å². The second-order valence-corrected chi connectivity index (χ2v) is 8.85. The first-order valence-corrected chi connectivity index (χ1v) is 12.1. The molecule has 0 saturated heterocycles. The lowest BCUT2D eigenvalue weighted by Crippen LogP contribution is -2.29. The quantitative estimate of drug-likeness (QED) is 0.294. The van der Waals surface area contributed by atoms with E-state index in [2.05, 4.69) is 41.9 Å². The number of aryl methyl sites for hydroxylation is 3. The Morgan fingerprint density at radius 3 is 2.47 bits per heavy atom. The Hall–Kier alpha value is -4.00. The van der Waals surface area contributed by atoms with Crippen molar-refractivity contribution in [1.82, 2.24) is 14.9 Å². The fraction of sp³-hybridized carbons (Fsp3) is 0.310. The molecule has 0 bridgehead atoms. The molecule has 4 rings (SSSR count). The fourth-order valence-electron chi connectivity index (χ4n) is 4.35. The van der Waals surface area contributed by atoms with Crippen molar-refractivity contribution in [3.63, 3.8) is 0 Å². The second-order valence-electron chi connectivity index (χ2n) is 8.85. The topological polar surface area (TPSA) is 74.6 Å². The van der Waals surface area contributed by atoms with Gasteiger partial charge in [0.2, 0.25) is 0 Å². The molecule has 1 N–H and O–H groups in total. The number of rotatable bonds is 10. The number of hydrogen-bond donors (Lipinski definition) is 1. The first-order valence-electron chi connectivity index (χ1n) is 12.1. The van der Waals surface area contributed by atoms with Crippen molar-refractivity contribution in [2.45, 2.75) is 39.8 Å². The lowest BCUT2D eigenvalue weighted by atomic mass is 10.1. The lowest BCUT2D eigenvalue weighted by Gasteiger charge is -2.17. The van der Waals surface area contributed by atoms with Gasteiger partial charge in [-0.3, -0.25) is 4.79 Å². The number of amides is 1. The van der Waals surface area contributed by atoms with Crippen LogP contribution < -0.4 is 19.5 Å². The minimum Gasteiger partial charge on any atom is -0.493 e. The molecule has 3 aromatic carbocycles. The van der Waals surface area contributed by atoms with Gasteiger partial charge in [0.05, 0.1) is 37.9 Å². The first kappa shape index (κ1) is 25.1. The van der Waals surface area contributed by atoms with Gasteiger partial charge in [-0.2, -0.15) is 0 Å². The van der Waals surface area contributed by atoms with Crippen LogP contribution in [-0.4, -0.2) is 36.3 Å². The van der Waals surface area contributed by atoms with Crippen LogP contribution in [0.1, 0.15) is 46.7 Å². The van der Waals surface area contributed by atoms with Crippen molar-refractivity contribution < 1.29 is 19.0 Å². The summed E-state index contributed by atoms with van der Waals surface area (Å²) in [6.45, 7) is 7.39. The number of para-hydroxylation sites is 2. The van der Waals surface area contributed by atoms with Gasteiger partial charge in [-0.25, -0.2) is 4.98 Å². The van der Waals surface area contributed by atoms with E-state index in [4.69, 9.17) is 19.2 Å². The van der Waals surface area contributed by atoms with Crippen LogP contribution in [0, 0.1) is 13.8 Å². The number of benzene rings is 3. The number of nitrogens with one attached hydrogen (secondary N) is 1. The van der Waals surface area contributed by atoms with Crippen molar-refractivity contribution in [2.24, 2.45) is 0 Å². The zero-order valence-electron chi connectivity index (χ0n) is 21.5. The largest absolute Gasteiger partial charge is 0.493 e. The highest BCUT2D eigenvalue weighted by Crippen LogP contribution is 2.28. The van der Waals surface area contributed by atoms with Crippen LogP contribution in [0.4, 0.5) is 0 Å². The molecule has 1 unspecified atom stereocenters. The SMILES string of the molecule is COc1ccc(C(=O)NC(C)c2nc3ccccc3n2CCCOc2ccc(C)cc2C)cc1OC. The Balaban J connectivity index is 1.49. The molecule has 1 aromatic heterocycles. The maximum Gasteiger partial charge on any atom is 0.251 e. The highest BCUT2D eigenvalue weighted by atomic mass is 16.5.